The first-order chi connectivity index (χ1) is 15.8. The van der Waals surface area contributed by atoms with Crippen molar-refractivity contribution in [2.24, 2.45) is 4.99 Å². The highest BCUT2D eigenvalue weighted by Gasteiger charge is 2.23. The molecule has 0 spiro atoms. The van der Waals surface area contributed by atoms with E-state index in [0.717, 1.165) is 34.5 Å². The van der Waals surface area contributed by atoms with E-state index in [-0.39, 0.29) is 6.04 Å². The van der Waals surface area contributed by atoms with Crippen molar-refractivity contribution < 1.29 is 0 Å². The summed E-state index contributed by atoms with van der Waals surface area (Å²) in [6.07, 6.45) is 7.08. The van der Waals surface area contributed by atoms with E-state index in [4.69, 9.17) is 16.6 Å². The number of rotatable bonds is 5. The first-order valence-corrected chi connectivity index (χ1v) is 11.1. The van der Waals surface area contributed by atoms with E-state index in [1.807, 2.05) is 48.7 Å². The number of benzene rings is 4. The molecule has 1 heterocycles. The lowest BCUT2D eigenvalue weighted by molar-refractivity contribution is 0.824. The van der Waals surface area contributed by atoms with Crippen molar-refractivity contribution in [3.05, 3.63) is 130 Å². The molecule has 0 amide bonds. The lowest BCUT2D eigenvalue weighted by Gasteiger charge is -2.11. The summed E-state index contributed by atoms with van der Waals surface area (Å²) in [6.45, 7) is 0. The fourth-order valence-corrected chi connectivity index (χ4v) is 4.20. The Morgan fingerprint density at radius 3 is 2.28 bits per heavy atom. The van der Waals surface area contributed by atoms with Crippen LogP contribution in [-0.4, -0.2) is 6.21 Å². The van der Waals surface area contributed by atoms with Crippen molar-refractivity contribution in [3.8, 4) is 0 Å². The number of anilines is 1. The van der Waals surface area contributed by atoms with Crippen LogP contribution in [0.15, 0.2) is 102 Å². The minimum absolute atomic E-state index is 0.278. The molecule has 1 aliphatic heterocycles. The quantitative estimate of drug-likeness (QED) is 0.250. The molecule has 0 aliphatic carbocycles. The van der Waals surface area contributed by atoms with Gasteiger partial charge in [-0.2, -0.15) is 0 Å². The summed E-state index contributed by atoms with van der Waals surface area (Å²) in [5.74, 6) is 0. The molecule has 0 aromatic heterocycles. The van der Waals surface area contributed by atoms with Crippen LogP contribution in [0.4, 0.5) is 11.4 Å². The van der Waals surface area contributed by atoms with Crippen molar-refractivity contribution >= 4 is 41.3 Å². The van der Waals surface area contributed by atoms with Crippen LogP contribution in [-0.2, 0) is 6.42 Å². The van der Waals surface area contributed by atoms with Gasteiger partial charge in [-0.3, -0.25) is 4.99 Å². The van der Waals surface area contributed by atoms with Gasteiger partial charge in [-0.1, -0.05) is 103 Å². The van der Waals surface area contributed by atoms with Gasteiger partial charge < -0.3 is 5.32 Å². The number of hydrogen-bond acceptors (Lipinski definition) is 2. The highest BCUT2D eigenvalue weighted by Crippen LogP contribution is 2.39. The van der Waals surface area contributed by atoms with E-state index >= 15 is 0 Å². The van der Waals surface area contributed by atoms with Crippen LogP contribution in [0.3, 0.4) is 0 Å². The van der Waals surface area contributed by atoms with Gasteiger partial charge in [0.15, 0.2) is 0 Å². The third kappa shape index (κ3) is 4.51. The van der Waals surface area contributed by atoms with Gasteiger partial charge >= 0.3 is 0 Å². The predicted molar refractivity (Wildman–Crippen MR) is 137 cm³/mol. The van der Waals surface area contributed by atoms with Crippen LogP contribution in [0.5, 0.6) is 0 Å². The number of halogens is 1. The lowest BCUT2D eigenvalue weighted by Crippen LogP contribution is -2.04. The second-order valence-corrected chi connectivity index (χ2v) is 8.31. The molecule has 0 bridgehead atoms. The predicted octanol–water partition coefficient (Wildman–Crippen LogP) is 7.97. The third-order valence-corrected chi connectivity index (χ3v) is 6.06. The zero-order valence-electron chi connectivity index (χ0n) is 17.6. The summed E-state index contributed by atoms with van der Waals surface area (Å²) >= 11 is 6.33. The molecular formula is C29H23ClN2. The molecule has 0 fully saturated rings. The fourth-order valence-electron chi connectivity index (χ4n) is 4.01. The summed E-state index contributed by atoms with van der Waals surface area (Å²) in [7, 11) is 0. The Balaban J connectivity index is 1.51. The Kier molecular flexibility index (Phi) is 5.87. The van der Waals surface area contributed by atoms with Crippen LogP contribution >= 0.6 is 11.6 Å². The Bertz CT molecular complexity index is 1280. The summed E-state index contributed by atoms with van der Waals surface area (Å²) in [4.78, 5) is 4.82. The Hall–Kier alpha value is -3.62. The van der Waals surface area contributed by atoms with Crippen molar-refractivity contribution in [2.75, 3.05) is 5.32 Å². The van der Waals surface area contributed by atoms with Gasteiger partial charge in [0, 0.05) is 28.1 Å². The first-order valence-electron chi connectivity index (χ1n) is 10.8. The van der Waals surface area contributed by atoms with Crippen LogP contribution < -0.4 is 5.32 Å². The van der Waals surface area contributed by atoms with Crippen LogP contribution in [0.2, 0.25) is 5.02 Å². The molecule has 4 aromatic carbocycles. The van der Waals surface area contributed by atoms with Gasteiger partial charge in [-0.25, -0.2) is 0 Å². The second kappa shape index (κ2) is 9.25. The number of nitrogens with one attached hydrogen (secondary N) is 1. The monoisotopic (exact) mass is 434 g/mol. The number of aliphatic imine (C=N–C) groups is 1. The smallest absolute Gasteiger partial charge is 0.0722 e. The second-order valence-electron chi connectivity index (χ2n) is 7.90. The van der Waals surface area contributed by atoms with E-state index in [1.54, 1.807) is 0 Å². The van der Waals surface area contributed by atoms with Crippen LogP contribution in [0.1, 0.15) is 33.9 Å². The zero-order valence-corrected chi connectivity index (χ0v) is 18.3. The molecule has 0 radical (unpaired) electrons. The highest BCUT2D eigenvalue weighted by atomic mass is 35.5. The Morgan fingerprint density at radius 2 is 1.50 bits per heavy atom. The molecule has 1 atom stereocenters. The summed E-state index contributed by atoms with van der Waals surface area (Å²) in [5.41, 5.74) is 7.82. The average molecular weight is 435 g/mol. The minimum Gasteiger partial charge on any atom is -0.378 e. The molecule has 1 unspecified atom stereocenters. The summed E-state index contributed by atoms with van der Waals surface area (Å²) < 4.78 is 0. The van der Waals surface area contributed by atoms with E-state index in [0.29, 0.717) is 5.02 Å². The van der Waals surface area contributed by atoms with E-state index in [2.05, 4.69) is 72.1 Å². The molecule has 2 nitrogen and oxygen atoms in total. The lowest BCUT2D eigenvalue weighted by atomic mass is 10.0. The van der Waals surface area contributed by atoms with E-state index < -0.39 is 0 Å². The molecule has 4 aromatic rings. The molecule has 5 rings (SSSR count). The van der Waals surface area contributed by atoms with Crippen LogP contribution in [0, 0.1) is 0 Å². The molecule has 0 saturated heterocycles. The van der Waals surface area contributed by atoms with Gasteiger partial charge in [-0.05, 0) is 41.3 Å². The molecule has 0 saturated carbocycles. The number of fused-ring (bicyclic) bond motifs is 1. The van der Waals surface area contributed by atoms with Crippen molar-refractivity contribution in [1.82, 2.24) is 0 Å². The van der Waals surface area contributed by atoms with Crippen LogP contribution in [0.25, 0.3) is 12.2 Å². The van der Waals surface area contributed by atoms with Crippen molar-refractivity contribution in [2.45, 2.75) is 12.5 Å². The maximum absolute atomic E-state index is 6.33. The Labute approximate surface area is 193 Å². The zero-order chi connectivity index (χ0) is 21.8. The fraction of sp³-hybridized carbons (Fsp3) is 0.0690. The largest absolute Gasteiger partial charge is 0.378 e. The van der Waals surface area contributed by atoms with Crippen molar-refractivity contribution in [1.29, 1.82) is 0 Å². The molecule has 1 N–H and O–H groups in total. The SMILES string of the molecule is Clc1ccccc1C=Nc1cc2c(cc1/C=C/c1ccccc1)CC(c1ccccc1)N2. The molecule has 156 valence electrons. The standard InChI is InChI=1S/C29H23ClN2/c30-26-14-8-7-13-24(26)20-31-27-19-29-25(18-28(32-29)22-11-5-2-6-12-22)17-23(27)16-15-21-9-3-1-4-10-21/h1-17,19-20,28,32H,18H2/b16-15+,31-20?. The number of nitrogens with zero attached hydrogens (tertiary/aromatic N) is 1. The third-order valence-electron chi connectivity index (χ3n) is 5.71. The van der Waals surface area contributed by atoms with Crippen molar-refractivity contribution in [3.63, 3.8) is 0 Å². The topological polar surface area (TPSA) is 24.4 Å². The van der Waals surface area contributed by atoms with Gasteiger partial charge in [0.25, 0.3) is 0 Å². The molecule has 3 heteroatoms. The normalized spacial score (nSPS) is 15.2. The maximum atomic E-state index is 6.33. The highest BCUT2D eigenvalue weighted by molar-refractivity contribution is 6.33. The van der Waals surface area contributed by atoms with E-state index in [9.17, 15) is 0 Å². The maximum Gasteiger partial charge on any atom is 0.0722 e. The summed E-state index contributed by atoms with van der Waals surface area (Å²) in [5, 5.41) is 4.37. The molecule has 32 heavy (non-hydrogen) atoms. The summed E-state index contributed by atoms with van der Waals surface area (Å²) in [6, 6.07) is 33.4. The minimum atomic E-state index is 0.278. The van der Waals surface area contributed by atoms with E-state index in [1.165, 1.54) is 11.1 Å². The number of hydrogen-bond donors (Lipinski definition) is 1. The molecular weight excluding hydrogens is 412 g/mol. The molecule has 1 aliphatic rings. The average Bonchev–Trinajstić information content (AvgIpc) is 3.26. The Morgan fingerprint density at radius 1 is 0.781 bits per heavy atom. The van der Waals surface area contributed by atoms with Gasteiger partial charge in [0.05, 0.1) is 11.7 Å². The van der Waals surface area contributed by atoms with Gasteiger partial charge in [-0.15, -0.1) is 0 Å². The van der Waals surface area contributed by atoms with Gasteiger partial charge in [0.2, 0.25) is 0 Å². The first kappa shape index (κ1) is 20.3. The van der Waals surface area contributed by atoms with Gasteiger partial charge in [0.1, 0.15) is 0 Å².